The predicted molar refractivity (Wildman–Crippen MR) is 78.0 cm³/mol. The highest BCUT2D eigenvalue weighted by Crippen LogP contribution is 2.21. The average molecular weight is 303 g/mol. The van der Waals surface area contributed by atoms with E-state index in [1.54, 1.807) is 11.3 Å². The largest absolute Gasteiger partial charge is 0.375 e. The molecule has 19 heavy (non-hydrogen) atoms. The number of urea groups is 1. The quantitative estimate of drug-likeness (QED) is 0.929. The van der Waals surface area contributed by atoms with Gasteiger partial charge in [-0.3, -0.25) is 0 Å². The smallest absolute Gasteiger partial charge is 0.317 e. The maximum atomic E-state index is 12.0. The molecule has 2 amide bonds. The van der Waals surface area contributed by atoms with Crippen LogP contribution in [-0.2, 0) is 11.2 Å². The highest BCUT2D eigenvalue weighted by atomic mass is 35.5. The minimum Gasteiger partial charge on any atom is -0.375 e. The highest BCUT2D eigenvalue weighted by molar-refractivity contribution is 7.16. The van der Waals surface area contributed by atoms with Gasteiger partial charge < -0.3 is 15.0 Å². The van der Waals surface area contributed by atoms with E-state index in [4.69, 9.17) is 16.3 Å². The first kappa shape index (κ1) is 14.6. The lowest BCUT2D eigenvalue weighted by molar-refractivity contribution is -0.0153. The van der Waals surface area contributed by atoms with Gasteiger partial charge in [0.1, 0.15) is 0 Å². The van der Waals surface area contributed by atoms with Gasteiger partial charge in [-0.25, -0.2) is 4.79 Å². The molecule has 2 rings (SSSR count). The van der Waals surface area contributed by atoms with Crippen molar-refractivity contribution >= 4 is 29.0 Å². The van der Waals surface area contributed by atoms with Gasteiger partial charge in [0, 0.05) is 24.5 Å². The minimum atomic E-state index is 0.00408. The average Bonchev–Trinajstić information content (AvgIpc) is 2.84. The van der Waals surface area contributed by atoms with Crippen LogP contribution < -0.4 is 5.32 Å². The van der Waals surface area contributed by atoms with Crippen molar-refractivity contribution in [2.24, 2.45) is 0 Å². The van der Waals surface area contributed by atoms with E-state index >= 15 is 0 Å². The third kappa shape index (κ3) is 4.37. The fourth-order valence-corrected chi connectivity index (χ4v) is 3.13. The first-order valence-corrected chi connectivity index (χ1v) is 7.77. The molecule has 0 spiro atoms. The topological polar surface area (TPSA) is 41.6 Å². The number of halogens is 1. The van der Waals surface area contributed by atoms with Crippen molar-refractivity contribution in [3.8, 4) is 0 Å². The molecule has 0 bridgehead atoms. The Morgan fingerprint density at radius 1 is 1.63 bits per heavy atom. The van der Waals surface area contributed by atoms with Crippen molar-refractivity contribution in [2.75, 3.05) is 26.2 Å². The van der Waals surface area contributed by atoms with E-state index < -0.39 is 0 Å². The number of hydrogen-bond acceptors (Lipinski definition) is 3. The summed E-state index contributed by atoms with van der Waals surface area (Å²) in [5.74, 6) is 0. The van der Waals surface area contributed by atoms with Crippen molar-refractivity contribution in [3.05, 3.63) is 21.3 Å². The van der Waals surface area contributed by atoms with Crippen LogP contribution in [0.5, 0.6) is 0 Å². The second-order valence-electron chi connectivity index (χ2n) is 4.53. The number of ether oxygens (including phenoxy) is 1. The first-order valence-electron chi connectivity index (χ1n) is 6.57. The molecule has 0 saturated carbocycles. The molecule has 1 N–H and O–H groups in total. The Morgan fingerprint density at radius 3 is 3.16 bits per heavy atom. The molecular formula is C13H19ClN2O2S. The molecule has 1 saturated heterocycles. The van der Waals surface area contributed by atoms with Gasteiger partial charge in [-0.1, -0.05) is 18.5 Å². The Balaban J connectivity index is 1.72. The minimum absolute atomic E-state index is 0.00408. The van der Waals surface area contributed by atoms with Crippen LogP contribution in [0, 0.1) is 0 Å². The highest BCUT2D eigenvalue weighted by Gasteiger charge is 2.22. The number of carbonyl (C=O) groups is 1. The summed E-state index contributed by atoms with van der Waals surface area (Å²) in [6.45, 7) is 4.71. The van der Waals surface area contributed by atoms with E-state index in [9.17, 15) is 4.79 Å². The van der Waals surface area contributed by atoms with Crippen LogP contribution in [0.25, 0.3) is 0 Å². The summed E-state index contributed by atoms with van der Waals surface area (Å²) >= 11 is 7.42. The van der Waals surface area contributed by atoms with Gasteiger partial charge in [0.2, 0.25) is 0 Å². The summed E-state index contributed by atoms with van der Waals surface area (Å²) in [4.78, 5) is 15.0. The van der Waals surface area contributed by atoms with E-state index in [1.807, 2.05) is 17.0 Å². The second-order valence-corrected chi connectivity index (χ2v) is 6.33. The molecule has 1 atom stereocenters. The third-order valence-corrected chi connectivity index (χ3v) is 4.45. The molecule has 0 aromatic carbocycles. The summed E-state index contributed by atoms with van der Waals surface area (Å²) in [6.07, 6.45) is 1.94. The Morgan fingerprint density at radius 2 is 2.47 bits per heavy atom. The molecular weight excluding hydrogens is 284 g/mol. The lowest BCUT2D eigenvalue weighted by Crippen LogP contribution is -2.49. The molecule has 1 aliphatic heterocycles. The lowest BCUT2D eigenvalue weighted by atomic mass is 10.2. The van der Waals surface area contributed by atoms with Gasteiger partial charge in [0.25, 0.3) is 0 Å². The van der Waals surface area contributed by atoms with Crippen LogP contribution in [-0.4, -0.2) is 43.3 Å². The first-order chi connectivity index (χ1) is 9.19. The summed E-state index contributed by atoms with van der Waals surface area (Å²) in [6, 6.07) is 3.89. The van der Waals surface area contributed by atoms with Crippen LogP contribution in [0.2, 0.25) is 4.34 Å². The summed E-state index contributed by atoms with van der Waals surface area (Å²) in [5.41, 5.74) is 0. The number of thiophene rings is 1. The summed E-state index contributed by atoms with van der Waals surface area (Å²) in [5, 5.41) is 2.95. The Bertz CT molecular complexity index is 425. The van der Waals surface area contributed by atoms with Gasteiger partial charge in [-0.15, -0.1) is 11.3 Å². The molecule has 1 fully saturated rings. The van der Waals surface area contributed by atoms with Crippen LogP contribution in [0.3, 0.4) is 0 Å². The standard InChI is InChI=1S/C13H19ClN2O2S/c1-2-10-9-16(7-8-18-10)13(17)15-6-5-11-3-4-12(14)19-11/h3-4,10H,2,5-9H2,1H3,(H,15,17)/t10-/m1/s1. The van der Waals surface area contributed by atoms with Gasteiger partial charge in [0.15, 0.2) is 0 Å². The van der Waals surface area contributed by atoms with Crippen LogP contribution >= 0.6 is 22.9 Å². The number of rotatable bonds is 4. The van der Waals surface area contributed by atoms with Crippen LogP contribution in [0.15, 0.2) is 12.1 Å². The maximum absolute atomic E-state index is 12.0. The van der Waals surface area contributed by atoms with E-state index in [1.165, 1.54) is 4.88 Å². The van der Waals surface area contributed by atoms with Gasteiger partial charge in [-0.2, -0.15) is 0 Å². The number of morpholine rings is 1. The van der Waals surface area contributed by atoms with Crippen LogP contribution in [0.4, 0.5) is 4.79 Å². The lowest BCUT2D eigenvalue weighted by Gasteiger charge is -2.32. The monoisotopic (exact) mass is 302 g/mol. The van der Waals surface area contributed by atoms with Crippen molar-refractivity contribution in [1.29, 1.82) is 0 Å². The van der Waals surface area contributed by atoms with Crippen molar-refractivity contribution in [3.63, 3.8) is 0 Å². The Kier molecular flexibility index (Phi) is 5.48. The van der Waals surface area contributed by atoms with Crippen molar-refractivity contribution < 1.29 is 9.53 Å². The van der Waals surface area contributed by atoms with E-state index in [2.05, 4.69) is 12.2 Å². The fraction of sp³-hybridized carbons (Fsp3) is 0.615. The van der Waals surface area contributed by atoms with E-state index in [0.717, 1.165) is 17.2 Å². The second kappa shape index (κ2) is 7.12. The van der Waals surface area contributed by atoms with Gasteiger partial charge in [0.05, 0.1) is 17.0 Å². The number of amides is 2. The summed E-state index contributed by atoms with van der Waals surface area (Å²) in [7, 11) is 0. The van der Waals surface area contributed by atoms with Crippen molar-refractivity contribution in [2.45, 2.75) is 25.9 Å². The normalized spacial score (nSPS) is 19.5. The molecule has 4 nitrogen and oxygen atoms in total. The molecule has 2 heterocycles. The van der Waals surface area contributed by atoms with Gasteiger partial charge >= 0.3 is 6.03 Å². The number of hydrogen-bond donors (Lipinski definition) is 1. The number of carbonyl (C=O) groups excluding carboxylic acids is 1. The number of nitrogens with zero attached hydrogens (tertiary/aromatic N) is 1. The molecule has 0 aliphatic carbocycles. The zero-order chi connectivity index (χ0) is 13.7. The Labute approximate surface area is 122 Å². The van der Waals surface area contributed by atoms with Crippen LogP contribution in [0.1, 0.15) is 18.2 Å². The molecule has 1 aromatic rings. The molecule has 1 aliphatic rings. The Hall–Kier alpha value is -0.780. The maximum Gasteiger partial charge on any atom is 0.317 e. The molecule has 6 heteroatoms. The van der Waals surface area contributed by atoms with Gasteiger partial charge in [-0.05, 0) is 25.0 Å². The molecule has 0 unspecified atom stereocenters. The molecule has 0 radical (unpaired) electrons. The zero-order valence-electron chi connectivity index (χ0n) is 11.0. The summed E-state index contributed by atoms with van der Waals surface area (Å²) < 4.78 is 6.34. The third-order valence-electron chi connectivity index (χ3n) is 3.16. The van der Waals surface area contributed by atoms with E-state index in [-0.39, 0.29) is 12.1 Å². The number of nitrogens with one attached hydrogen (secondary N) is 1. The molecule has 1 aromatic heterocycles. The molecule has 106 valence electrons. The predicted octanol–water partition coefficient (Wildman–Crippen LogP) is 2.76. The zero-order valence-corrected chi connectivity index (χ0v) is 12.6. The SMILES string of the molecule is CC[C@@H]1CN(C(=O)NCCc2ccc(Cl)s2)CCO1. The van der Waals surface area contributed by atoms with E-state index in [0.29, 0.717) is 26.2 Å². The van der Waals surface area contributed by atoms with Crippen molar-refractivity contribution in [1.82, 2.24) is 10.2 Å². The fourth-order valence-electron chi connectivity index (χ4n) is 2.04.